The zero-order chi connectivity index (χ0) is 10.8. The van der Waals surface area contributed by atoms with Gasteiger partial charge in [-0.2, -0.15) is 0 Å². The molecule has 0 bridgehead atoms. The summed E-state index contributed by atoms with van der Waals surface area (Å²) >= 11 is 0. The third-order valence-corrected chi connectivity index (χ3v) is 0. The Morgan fingerprint density at radius 1 is 1.00 bits per heavy atom. The molecule has 0 rings (SSSR count). The highest BCUT2D eigenvalue weighted by atomic mass is 32.2. The lowest BCUT2D eigenvalue weighted by Gasteiger charge is -1.90. The summed E-state index contributed by atoms with van der Waals surface area (Å²) in [5, 5.41) is 0. The first-order valence-corrected chi connectivity index (χ1v) is 5.61. The maximum absolute atomic E-state index is 9.63. The van der Waals surface area contributed by atoms with Gasteiger partial charge in [0, 0.05) is 26.7 Å². The second-order valence-electron chi connectivity index (χ2n) is 2.89. The minimum absolute atomic E-state index is 1.16. The highest BCUT2D eigenvalue weighted by molar-refractivity contribution is 7.89. The first-order valence-electron chi connectivity index (χ1n) is 3.31. The molecule has 0 aromatic carbocycles. The van der Waals surface area contributed by atoms with E-state index in [1.54, 1.807) is 14.2 Å². The van der Waals surface area contributed by atoms with Crippen LogP contribution in [0.15, 0.2) is 0 Å². The molecule has 0 aromatic heterocycles. The zero-order valence-corrected chi connectivity index (χ0v) is 9.90. The second kappa shape index (κ2) is 10.9. The van der Waals surface area contributed by atoms with Crippen LogP contribution in [0.4, 0.5) is 0 Å². The standard InChI is InChI=1S/C3H9N.C2H6O2S.C2H6O/c1-4(2)3;1-5(2,3)4;1-3-2/h1-3H3;1-2H3;1-2H3. The molecule has 12 heavy (non-hydrogen) atoms. The number of nitrogens with zero attached hydrogens (tertiary/aromatic N) is 1. The molecule has 0 atom stereocenters. The van der Waals surface area contributed by atoms with E-state index >= 15 is 0 Å². The molecule has 0 fully saturated rings. The van der Waals surface area contributed by atoms with Gasteiger partial charge >= 0.3 is 0 Å². The number of methoxy groups -OCH3 is 1. The highest BCUT2D eigenvalue weighted by Gasteiger charge is 1.79. The molecule has 4 nitrogen and oxygen atoms in total. The van der Waals surface area contributed by atoms with E-state index in [1.807, 2.05) is 26.0 Å². The van der Waals surface area contributed by atoms with Gasteiger partial charge in [-0.15, -0.1) is 0 Å². The van der Waals surface area contributed by atoms with Gasteiger partial charge in [0.25, 0.3) is 0 Å². The number of hydrogen-bond donors (Lipinski definition) is 0. The lowest BCUT2D eigenvalue weighted by Crippen LogP contribution is -1.99. The van der Waals surface area contributed by atoms with Gasteiger partial charge in [0.2, 0.25) is 0 Å². The van der Waals surface area contributed by atoms with E-state index in [1.165, 1.54) is 0 Å². The summed E-state index contributed by atoms with van der Waals surface area (Å²) in [5.41, 5.74) is 0. The van der Waals surface area contributed by atoms with Crippen LogP contribution in [0.2, 0.25) is 0 Å². The van der Waals surface area contributed by atoms with E-state index in [-0.39, 0.29) is 0 Å². The summed E-state index contributed by atoms with van der Waals surface area (Å²) in [4.78, 5) is 2.00. The van der Waals surface area contributed by atoms with Crippen molar-refractivity contribution in [3.63, 3.8) is 0 Å². The molecule has 0 radical (unpaired) electrons. The van der Waals surface area contributed by atoms with Gasteiger partial charge in [-0.3, -0.25) is 0 Å². The molecule has 0 aliphatic carbocycles. The molecule has 0 amide bonds. The first kappa shape index (κ1) is 17.8. The molecule has 0 aliphatic rings. The average Bonchev–Trinajstić information content (AvgIpc) is 1.56. The molecule has 0 aliphatic heterocycles. The van der Waals surface area contributed by atoms with Crippen molar-refractivity contribution in [1.82, 2.24) is 4.90 Å². The summed E-state index contributed by atoms with van der Waals surface area (Å²) in [6.45, 7) is 0. The van der Waals surface area contributed by atoms with Crippen LogP contribution in [0.3, 0.4) is 0 Å². The van der Waals surface area contributed by atoms with Gasteiger partial charge < -0.3 is 9.64 Å². The number of sulfone groups is 1. The summed E-state index contributed by atoms with van der Waals surface area (Å²) in [6, 6.07) is 0. The van der Waals surface area contributed by atoms with Crippen molar-refractivity contribution in [3.05, 3.63) is 0 Å². The van der Waals surface area contributed by atoms with Crippen molar-refractivity contribution in [1.29, 1.82) is 0 Å². The largest absolute Gasteiger partial charge is 0.388 e. The fourth-order valence-corrected chi connectivity index (χ4v) is 0. The van der Waals surface area contributed by atoms with Crippen LogP contribution >= 0.6 is 0 Å². The lowest BCUT2D eigenvalue weighted by molar-refractivity contribution is 0.277. The first-order chi connectivity index (χ1) is 5.15. The van der Waals surface area contributed by atoms with E-state index in [2.05, 4.69) is 4.74 Å². The van der Waals surface area contributed by atoms with Crippen LogP contribution in [0.25, 0.3) is 0 Å². The van der Waals surface area contributed by atoms with E-state index in [4.69, 9.17) is 0 Å². The van der Waals surface area contributed by atoms with Crippen LogP contribution in [-0.4, -0.2) is 61.2 Å². The number of hydrogen-bond acceptors (Lipinski definition) is 4. The quantitative estimate of drug-likeness (QED) is 0.555. The van der Waals surface area contributed by atoms with Crippen LogP contribution in [-0.2, 0) is 14.6 Å². The Balaban J connectivity index is -0.000000105. The van der Waals surface area contributed by atoms with Crippen molar-refractivity contribution >= 4 is 9.84 Å². The Morgan fingerprint density at radius 2 is 1.00 bits per heavy atom. The van der Waals surface area contributed by atoms with E-state index in [9.17, 15) is 8.42 Å². The monoisotopic (exact) mass is 199 g/mol. The van der Waals surface area contributed by atoms with Gasteiger partial charge in [-0.1, -0.05) is 0 Å². The van der Waals surface area contributed by atoms with Crippen LogP contribution in [0, 0.1) is 0 Å². The molecule has 0 N–H and O–H groups in total. The van der Waals surface area contributed by atoms with Gasteiger partial charge in [-0.25, -0.2) is 8.42 Å². The third-order valence-electron chi connectivity index (χ3n) is 0. The maximum Gasteiger partial charge on any atom is 0.144 e. The SMILES string of the molecule is CN(C)C.COC.CS(C)(=O)=O. The zero-order valence-electron chi connectivity index (χ0n) is 9.08. The Hall–Kier alpha value is -0.130. The fraction of sp³-hybridized carbons (Fsp3) is 1.00. The molecule has 0 spiro atoms. The van der Waals surface area contributed by atoms with E-state index < -0.39 is 9.84 Å². The second-order valence-corrected chi connectivity index (χ2v) is 5.18. The van der Waals surface area contributed by atoms with Crippen molar-refractivity contribution in [2.75, 3.05) is 47.9 Å². The Morgan fingerprint density at radius 3 is 1.00 bits per heavy atom. The molecule has 0 aromatic rings. The summed E-state index contributed by atoms with van der Waals surface area (Å²) in [6.07, 6.45) is 2.32. The van der Waals surface area contributed by atoms with E-state index in [0.29, 0.717) is 0 Å². The van der Waals surface area contributed by atoms with Gasteiger partial charge in [0.05, 0.1) is 0 Å². The molecule has 0 heterocycles. The molecule has 78 valence electrons. The molecule has 0 saturated carbocycles. The molecular formula is C7H21NO3S. The van der Waals surface area contributed by atoms with Crippen molar-refractivity contribution in [2.24, 2.45) is 0 Å². The Kier molecular flexibility index (Phi) is 16.1. The lowest BCUT2D eigenvalue weighted by atomic mass is 11.0. The fourth-order valence-electron chi connectivity index (χ4n) is 0. The normalized spacial score (nSPS) is 9.33. The summed E-state index contributed by atoms with van der Waals surface area (Å²) in [5.74, 6) is 0. The van der Waals surface area contributed by atoms with Crippen LogP contribution in [0.5, 0.6) is 0 Å². The number of rotatable bonds is 0. The van der Waals surface area contributed by atoms with Crippen molar-refractivity contribution in [2.45, 2.75) is 0 Å². The topological polar surface area (TPSA) is 46.6 Å². The third kappa shape index (κ3) is 45900. The maximum atomic E-state index is 9.63. The Bertz CT molecular complexity index is 141. The summed E-state index contributed by atoms with van der Waals surface area (Å²) < 4.78 is 23.5. The van der Waals surface area contributed by atoms with Crippen molar-refractivity contribution < 1.29 is 13.2 Å². The predicted molar refractivity (Wildman–Crippen MR) is 53.3 cm³/mol. The highest BCUT2D eigenvalue weighted by Crippen LogP contribution is 1.61. The average molecular weight is 199 g/mol. The molecule has 5 heteroatoms. The predicted octanol–water partition coefficient (Wildman–Crippen LogP) is 0.101. The smallest absolute Gasteiger partial charge is 0.144 e. The minimum Gasteiger partial charge on any atom is -0.388 e. The molecular weight excluding hydrogens is 178 g/mol. The van der Waals surface area contributed by atoms with Gasteiger partial charge in [0.1, 0.15) is 9.84 Å². The van der Waals surface area contributed by atoms with E-state index in [0.717, 1.165) is 12.5 Å². The van der Waals surface area contributed by atoms with Gasteiger partial charge in [-0.05, 0) is 21.1 Å². The molecule has 0 saturated heterocycles. The minimum atomic E-state index is -2.67. The summed E-state index contributed by atoms with van der Waals surface area (Å²) in [7, 11) is 6.58. The Labute approximate surface area is 76.4 Å². The van der Waals surface area contributed by atoms with Gasteiger partial charge in [0.15, 0.2) is 0 Å². The molecule has 0 unspecified atom stereocenters. The van der Waals surface area contributed by atoms with Crippen LogP contribution < -0.4 is 0 Å². The van der Waals surface area contributed by atoms with Crippen LogP contribution in [0.1, 0.15) is 0 Å². The van der Waals surface area contributed by atoms with Crippen molar-refractivity contribution in [3.8, 4) is 0 Å². The number of ether oxygens (including phenoxy) is 1.